The zero-order chi connectivity index (χ0) is 27.9. The van der Waals surface area contributed by atoms with Crippen molar-refractivity contribution >= 4 is 17.8 Å². The number of nitrogens with zero attached hydrogens (tertiary/aromatic N) is 1. The highest BCUT2D eigenvalue weighted by molar-refractivity contribution is 5.99. The molecule has 38 heavy (non-hydrogen) atoms. The first-order valence-corrected chi connectivity index (χ1v) is 12.2. The van der Waals surface area contributed by atoms with Crippen molar-refractivity contribution in [3.8, 4) is 11.1 Å². The highest BCUT2D eigenvalue weighted by Gasteiger charge is 2.52. The maximum absolute atomic E-state index is 14.8. The second kappa shape index (κ2) is 9.99. The first kappa shape index (κ1) is 27.5. The normalized spacial score (nSPS) is 21.6. The first-order valence-electron chi connectivity index (χ1n) is 12.2. The van der Waals surface area contributed by atoms with Crippen molar-refractivity contribution in [1.29, 1.82) is 0 Å². The van der Waals surface area contributed by atoms with Crippen LogP contribution in [0.4, 0.5) is 22.0 Å². The molecule has 0 radical (unpaired) electrons. The van der Waals surface area contributed by atoms with Gasteiger partial charge < -0.3 is 15.0 Å². The zero-order valence-electron chi connectivity index (χ0n) is 20.8. The van der Waals surface area contributed by atoms with Gasteiger partial charge in [0.15, 0.2) is 0 Å². The lowest BCUT2D eigenvalue weighted by atomic mass is 9.79. The number of fused-ring (bicyclic) bond motifs is 3. The summed E-state index contributed by atoms with van der Waals surface area (Å²) in [5.41, 5.74) is -1.22. The Labute approximate surface area is 216 Å². The Morgan fingerprint density at radius 2 is 1.74 bits per heavy atom. The number of hydrogen-bond donors (Lipinski definition) is 1. The summed E-state index contributed by atoms with van der Waals surface area (Å²) in [6, 6.07) is 8.46. The van der Waals surface area contributed by atoms with Crippen molar-refractivity contribution in [1.82, 2.24) is 10.2 Å². The number of ether oxygens (including phenoxy) is 1. The Hall–Kier alpha value is -3.50. The summed E-state index contributed by atoms with van der Waals surface area (Å²) in [5.74, 6) is -5.48. The van der Waals surface area contributed by atoms with Crippen molar-refractivity contribution in [2.75, 3.05) is 19.7 Å². The number of likely N-dealkylation sites (tertiary alicyclic amines) is 1. The standard InChI is InChI=1S/C27H27F5N2O4/c1-3-25(14-26(28,29)30)12-21(24(37)38-4-2)34(15-25)22(35)13-33-23(36)16-9-10-20-18(11-16)17-7-5-6-8-19(17)27(20,31)32/h5-11,21H,3-4,12-15H2,1-2H3,(H,33,36)/t21-,25-/m1/s1. The Balaban J connectivity index is 1.50. The van der Waals surface area contributed by atoms with Gasteiger partial charge in [-0.15, -0.1) is 0 Å². The predicted octanol–water partition coefficient (Wildman–Crippen LogP) is 5.05. The van der Waals surface area contributed by atoms with Crippen LogP contribution in [0.2, 0.25) is 0 Å². The van der Waals surface area contributed by atoms with E-state index in [1.165, 1.54) is 30.3 Å². The second-order valence-electron chi connectivity index (χ2n) is 9.70. The van der Waals surface area contributed by atoms with Gasteiger partial charge >= 0.3 is 12.1 Å². The molecule has 2 aliphatic rings. The molecule has 6 nitrogen and oxygen atoms in total. The van der Waals surface area contributed by atoms with E-state index in [9.17, 15) is 36.3 Å². The van der Waals surface area contributed by atoms with Crippen LogP contribution < -0.4 is 5.32 Å². The summed E-state index contributed by atoms with van der Waals surface area (Å²) in [7, 11) is 0. The fourth-order valence-corrected chi connectivity index (χ4v) is 5.38. The third kappa shape index (κ3) is 5.10. The van der Waals surface area contributed by atoms with Crippen LogP contribution in [0.1, 0.15) is 54.6 Å². The molecule has 2 atom stereocenters. The number of esters is 1. The average Bonchev–Trinajstić information content (AvgIpc) is 3.35. The van der Waals surface area contributed by atoms with Gasteiger partial charge in [0.2, 0.25) is 5.91 Å². The molecule has 1 N–H and O–H groups in total. The van der Waals surface area contributed by atoms with Gasteiger partial charge in [-0.3, -0.25) is 9.59 Å². The van der Waals surface area contributed by atoms with Crippen molar-refractivity contribution in [3.63, 3.8) is 0 Å². The van der Waals surface area contributed by atoms with Crippen LogP contribution in [-0.2, 0) is 20.2 Å². The van der Waals surface area contributed by atoms with Crippen molar-refractivity contribution in [3.05, 3.63) is 59.2 Å². The third-order valence-electron chi connectivity index (χ3n) is 7.29. The van der Waals surface area contributed by atoms with Gasteiger partial charge in [-0.25, -0.2) is 4.79 Å². The maximum Gasteiger partial charge on any atom is 0.389 e. The molecule has 2 aromatic carbocycles. The molecule has 1 aliphatic heterocycles. The Kier molecular flexibility index (Phi) is 7.24. The van der Waals surface area contributed by atoms with E-state index in [4.69, 9.17) is 4.74 Å². The summed E-state index contributed by atoms with van der Waals surface area (Å²) in [4.78, 5) is 39.4. The van der Waals surface area contributed by atoms with Crippen LogP contribution in [0, 0.1) is 5.41 Å². The molecule has 1 heterocycles. The van der Waals surface area contributed by atoms with Gasteiger partial charge in [-0.05, 0) is 48.4 Å². The lowest BCUT2D eigenvalue weighted by Gasteiger charge is -2.28. The van der Waals surface area contributed by atoms with E-state index in [1.54, 1.807) is 19.9 Å². The van der Waals surface area contributed by atoms with Crippen LogP contribution in [0.15, 0.2) is 42.5 Å². The van der Waals surface area contributed by atoms with E-state index in [2.05, 4.69) is 5.32 Å². The van der Waals surface area contributed by atoms with Crippen LogP contribution in [0.3, 0.4) is 0 Å². The Bertz CT molecular complexity index is 1260. The van der Waals surface area contributed by atoms with Crippen molar-refractivity contribution in [2.45, 2.75) is 51.3 Å². The number of hydrogen-bond acceptors (Lipinski definition) is 4. The third-order valence-corrected chi connectivity index (χ3v) is 7.29. The fourth-order valence-electron chi connectivity index (χ4n) is 5.38. The monoisotopic (exact) mass is 538 g/mol. The largest absolute Gasteiger partial charge is 0.464 e. The van der Waals surface area contributed by atoms with Crippen LogP contribution in [0.25, 0.3) is 11.1 Å². The van der Waals surface area contributed by atoms with Gasteiger partial charge in [-0.2, -0.15) is 22.0 Å². The quantitative estimate of drug-likeness (QED) is 0.396. The Morgan fingerprint density at radius 3 is 2.39 bits per heavy atom. The number of nitrogens with one attached hydrogen (secondary N) is 1. The number of carbonyl (C=O) groups excluding carboxylic acids is 3. The molecule has 0 saturated carbocycles. The molecule has 204 valence electrons. The summed E-state index contributed by atoms with van der Waals surface area (Å²) in [6.45, 7) is 2.20. The molecule has 4 rings (SSSR count). The highest BCUT2D eigenvalue weighted by atomic mass is 19.4. The number of benzene rings is 2. The lowest BCUT2D eigenvalue weighted by molar-refractivity contribution is -0.159. The average molecular weight is 539 g/mol. The number of rotatable bonds is 7. The van der Waals surface area contributed by atoms with E-state index in [-0.39, 0.29) is 48.2 Å². The first-order chi connectivity index (χ1) is 17.8. The van der Waals surface area contributed by atoms with E-state index in [0.29, 0.717) is 5.56 Å². The molecular weight excluding hydrogens is 511 g/mol. The van der Waals surface area contributed by atoms with E-state index < -0.39 is 54.3 Å². The fraction of sp³-hybridized carbons (Fsp3) is 0.444. The number of halogens is 5. The number of alkyl halides is 5. The van der Waals surface area contributed by atoms with Gasteiger partial charge in [0, 0.05) is 23.2 Å². The van der Waals surface area contributed by atoms with Crippen LogP contribution in [0.5, 0.6) is 0 Å². The molecule has 2 amide bonds. The molecule has 0 aromatic heterocycles. The predicted molar refractivity (Wildman–Crippen MR) is 127 cm³/mol. The molecule has 1 aliphatic carbocycles. The molecule has 0 spiro atoms. The van der Waals surface area contributed by atoms with Gasteiger partial charge in [0.1, 0.15) is 6.04 Å². The molecule has 0 unspecified atom stereocenters. The van der Waals surface area contributed by atoms with E-state index in [1.807, 2.05) is 0 Å². The minimum atomic E-state index is -4.49. The molecule has 2 aromatic rings. The molecule has 1 fully saturated rings. The highest BCUT2D eigenvalue weighted by Crippen LogP contribution is 2.51. The van der Waals surface area contributed by atoms with E-state index >= 15 is 0 Å². The SMILES string of the molecule is CCOC(=O)[C@H]1C[C@](CC)(CC(F)(F)F)CN1C(=O)CNC(=O)c1ccc2c(c1)-c1ccccc1C2(F)F. The summed E-state index contributed by atoms with van der Waals surface area (Å²) < 4.78 is 74.5. The number of amides is 2. The molecule has 11 heteroatoms. The number of carbonyl (C=O) groups is 3. The maximum atomic E-state index is 14.8. The van der Waals surface area contributed by atoms with Gasteiger partial charge in [0.25, 0.3) is 11.8 Å². The minimum Gasteiger partial charge on any atom is -0.464 e. The molecular formula is C27H27F5N2O4. The second-order valence-corrected chi connectivity index (χ2v) is 9.70. The van der Waals surface area contributed by atoms with Crippen LogP contribution >= 0.6 is 0 Å². The lowest BCUT2D eigenvalue weighted by Crippen LogP contribution is -2.46. The van der Waals surface area contributed by atoms with Crippen molar-refractivity contribution in [2.24, 2.45) is 5.41 Å². The van der Waals surface area contributed by atoms with Crippen LogP contribution in [-0.4, -0.2) is 54.6 Å². The summed E-state index contributed by atoms with van der Waals surface area (Å²) >= 11 is 0. The van der Waals surface area contributed by atoms with E-state index in [0.717, 1.165) is 11.0 Å². The van der Waals surface area contributed by atoms with Crippen molar-refractivity contribution < 1.29 is 41.1 Å². The summed E-state index contributed by atoms with van der Waals surface area (Å²) in [6.07, 6.45) is -5.78. The molecule has 0 bridgehead atoms. The minimum absolute atomic E-state index is 0.00695. The van der Waals surface area contributed by atoms with Gasteiger partial charge in [-0.1, -0.05) is 37.3 Å². The molecule has 1 saturated heterocycles. The smallest absolute Gasteiger partial charge is 0.389 e. The van der Waals surface area contributed by atoms with Gasteiger partial charge in [0.05, 0.1) is 19.6 Å². The summed E-state index contributed by atoms with van der Waals surface area (Å²) in [5, 5.41) is 2.40. The topological polar surface area (TPSA) is 75.7 Å². The zero-order valence-corrected chi connectivity index (χ0v) is 20.8. The Morgan fingerprint density at radius 1 is 1.05 bits per heavy atom.